The van der Waals surface area contributed by atoms with Crippen molar-refractivity contribution < 1.29 is 13.2 Å². The van der Waals surface area contributed by atoms with E-state index in [1.165, 1.54) is 6.20 Å². The van der Waals surface area contributed by atoms with E-state index in [1.807, 2.05) is 6.92 Å². The molecule has 0 unspecified atom stereocenters. The van der Waals surface area contributed by atoms with E-state index in [9.17, 15) is 13.2 Å². The first-order chi connectivity index (χ1) is 12.8. The highest BCUT2D eigenvalue weighted by molar-refractivity contribution is 7.90. The number of aryl methyl sites for hydroxylation is 1. The van der Waals surface area contributed by atoms with Crippen molar-refractivity contribution in [3.8, 4) is 22.6 Å². The van der Waals surface area contributed by atoms with Gasteiger partial charge in [-0.15, -0.1) is 0 Å². The lowest BCUT2D eigenvalue weighted by molar-refractivity contribution is 0.0950. The van der Waals surface area contributed by atoms with Gasteiger partial charge in [0.05, 0.1) is 4.90 Å². The maximum Gasteiger partial charge on any atom is 0.271 e. The van der Waals surface area contributed by atoms with Crippen molar-refractivity contribution in [1.29, 1.82) is 0 Å². The molecule has 0 aromatic carbocycles. The number of rotatable bonds is 5. The quantitative estimate of drug-likeness (QED) is 0.693. The Kier molecular flexibility index (Phi) is 5.04. The van der Waals surface area contributed by atoms with E-state index in [1.54, 1.807) is 37.5 Å². The molecule has 9 heteroatoms. The van der Waals surface area contributed by atoms with Gasteiger partial charge in [0, 0.05) is 42.6 Å². The Morgan fingerprint density at radius 2 is 2.00 bits per heavy atom. The Morgan fingerprint density at radius 1 is 1.22 bits per heavy atom. The van der Waals surface area contributed by atoms with Gasteiger partial charge in [0.1, 0.15) is 11.4 Å². The first kappa shape index (κ1) is 18.7. The van der Waals surface area contributed by atoms with Crippen molar-refractivity contribution in [3.05, 3.63) is 48.2 Å². The van der Waals surface area contributed by atoms with Gasteiger partial charge in [0.15, 0.2) is 15.7 Å². The Bertz CT molecular complexity index is 1110. The van der Waals surface area contributed by atoms with E-state index in [2.05, 4.69) is 25.3 Å². The van der Waals surface area contributed by atoms with Gasteiger partial charge in [-0.1, -0.05) is 0 Å². The van der Waals surface area contributed by atoms with Crippen LogP contribution < -0.4 is 5.32 Å². The summed E-state index contributed by atoms with van der Waals surface area (Å²) in [6, 6.07) is 5.09. The number of carbonyl (C=O) groups is 1. The summed E-state index contributed by atoms with van der Waals surface area (Å²) in [5.41, 5.74) is 2.89. The largest absolute Gasteiger partial charge is 0.351 e. The van der Waals surface area contributed by atoms with Gasteiger partial charge in [-0.05, 0) is 37.6 Å². The van der Waals surface area contributed by atoms with Crippen LogP contribution in [0.25, 0.3) is 22.6 Å². The van der Waals surface area contributed by atoms with Gasteiger partial charge >= 0.3 is 0 Å². The minimum Gasteiger partial charge on any atom is -0.351 e. The van der Waals surface area contributed by atoms with Crippen LogP contribution in [0.15, 0.2) is 41.7 Å². The first-order valence-electron chi connectivity index (χ1n) is 8.26. The molecule has 0 fully saturated rings. The van der Waals surface area contributed by atoms with Crippen LogP contribution in [0.5, 0.6) is 0 Å². The summed E-state index contributed by atoms with van der Waals surface area (Å²) in [4.78, 5) is 27.9. The highest BCUT2D eigenvalue weighted by Crippen LogP contribution is 2.25. The zero-order valence-electron chi connectivity index (χ0n) is 15.1. The highest BCUT2D eigenvalue weighted by atomic mass is 32.2. The van der Waals surface area contributed by atoms with E-state index in [-0.39, 0.29) is 10.8 Å². The maximum absolute atomic E-state index is 12.1. The number of sulfone groups is 1. The third-order valence-corrected chi connectivity index (χ3v) is 4.99. The zero-order valence-corrected chi connectivity index (χ0v) is 16.0. The number of hydrogen-bond donors (Lipinski definition) is 2. The van der Waals surface area contributed by atoms with Gasteiger partial charge in [-0.25, -0.2) is 13.4 Å². The molecule has 3 heterocycles. The predicted octanol–water partition coefficient (Wildman–Crippen LogP) is 2.00. The summed E-state index contributed by atoms with van der Waals surface area (Å²) < 4.78 is 23.5. The van der Waals surface area contributed by atoms with Gasteiger partial charge in [-0.3, -0.25) is 14.8 Å². The molecule has 8 nitrogen and oxygen atoms in total. The van der Waals surface area contributed by atoms with Gasteiger partial charge in [0.2, 0.25) is 0 Å². The summed E-state index contributed by atoms with van der Waals surface area (Å²) >= 11 is 0. The van der Waals surface area contributed by atoms with Crippen LogP contribution in [-0.4, -0.2) is 47.1 Å². The van der Waals surface area contributed by atoms with Gasteiger partial charge in [0.25, 0.3) is 5.91 Å². The van der Waals surface area contributed by atoms with Crippen molar-refractivity contribution >= 4 is 15.7 Å². The number of nitrogens with zero attached hydrogens (tertiary/aromatic N) is 3. The number of H-pyrrole nitrogens is 1. The summed E-state index contributed by atoms with van der Waals surface area (Å²) in [6.07, 6.45) is 5.64. The molecule has 0 aliphatic heterocycles. The Balaban J connectivity index is 2.00. The van der Waals surface area contributed by atoms with E-state index < -0.39 is 9.84 Å². The second-order valence-corrected chi connectivity index (χ2v) is 8.05. The number of nitrogens with one attached hydrogen (secondary N) is 2. The van der Waals surface area contributed by atoms with E-state index in [4.69, 9.17) is 0 Å². The van der Waals surface area contributed by atoms with Crippen LogP contribution in [0.3, 0.4) is 0 Å². The first-order valence-corrected chi connectivity index (χ1v) is 10.2. The van der Waals surface area contributed by atoms with Crippen LogP contribution >= 0.6 is 0 Å². The zero-order chi connectivity index (χ0) is 19.6. The summed E-state index contributed by atoms with van der Waals surface area (Å²) in [6.45, 7) is 4.12. The number of amides is 1. The van der Waals surface area contributed by atoms with Crippen LogP contribution in [0.1, 0.15) is 23.1 Å². The number of aromatic amines is 1. The molecule has 0 radical (unpaired) electrons. The fourth-order valence-corrected chi connectivity index (χ4v) is 3.16. The molecule has 0 spiro atoms. The standard InChI is InChI=1S/C18H19N5O3S/c1-4-20-18(24)16-11(2)22-17(23-16)15-8-12(5-6-21-15)13-7-14(10-19-9-13)27(3,25)26/h5-10H,4H2,1-3H3,(H,20,24)(H,22,23). The van der Waals surface area contributed by atoms with Crippen LogP contribution in [0, 0.1) is 6.92 Å². The van der Waals surface area contributed by atoms with Crippen molar-refractivity contribution in [2.45, 2.75) is 18.7 Å². The van der Waals surface area contributed by atoms with Crippen molar-refractivity contribution in [3.63, 3.8) is 0 Å². The Labute approximate surface area is 157 Å². The second kappa shape index (κ2) is 7.28. The van der Waals surface area contributed by atoms with Crippen LogP contribution in [0.4, 0.5) is 0 Å². The average molecular weight is 385 g/mol. The number of pyridine rings is 2. The molecule has 3 aromatic rings. The number of imidazole rings is 1. The molecule has 3 rings (SSSR count). The smallest absolute Gasteiger partial charge is 0.271 e. The minimum atomic E-state index is -3.35. The number of hydrogen-bond acceptors (Lipinski definition) is 6. The van der Waals surface area contributed by atoms with Crippen molar-refractivity contribution in [2.24, 2.45) is 0 Å². The fourth-order valence-electron chi connectivity index (χ4n) is 2.57. The van der Waals surface area contributed by atoms with Crippen LogP contribution in [0.2, 0.25) is 0 Å². The van der Waals surface area contributed by atoms with Crippen LogP contribution in [-0.2, 0) is 9.84 Å². The van der Waals surface area contributed by atoms with E-state index in [0.717, 1.165) is 11.8 Å². The molecule has 3 aromatic heterocycles. The summed E-state index contributed by atoms with van der Waals surface area (Å²) in [7, 11) is -3.35. The predicted molar refractivity (Wildman–Crippen MR) is 101 cm³/mol. The molecule has 1 amide bonds. The number of aromatic nitrogens is 4. The normalized spacial score (nSPS) is 11.4. The molecule has 0 atom stereocenters. The lowest BCUT2D eigenvalue weighted by atomic mass is 10.1. The molecule has 0 saturated heterocycles. The summed E-state index contributed by atoms with van der Waals surface area (Å²) in [5, 5.41) is 2.72. The average Bonchev–Trinajstić information content (AvgIpc) is 3.03. The third-order valence-electron chi connectivity index (χ3n) is 3.91. The molecular formula is C18H19N5O3S. The molecule has 0 saturated carbocycles. The minimum absolute atomic E-state index is 0.144. The third kappa shape index (κ3) is 4.03. The van der Waals surface area contributed by atoms with Gasteiger partial charge < -0.3 is 10.3 Å². The number of carbonyl (C=O) groups excluding carboxylic acids is 1. The molecular weight excluding hydrogens is 366 g/mol. The second-order valence-electron chi connectivity index (χ2n) is 6.03. The molecule has 0 aliphatic carbocycles. The van der Waals surface area contributed by atoms with E-state index in [0.29, 0.717) is 35.0 Å². The van der Waals surface area contributed by atoms with E-state index >= 15 is 0 Å². The highest BCUT2D eigenvalue weighted by Gasteiger charge is 2.16. The molecule has 0 aliphatic rings. The van der Waals surface area contributed by atoms with Crippen molar-refractivity contribution in [2.75, 3.05) is 12.8 Å². The SMILES string of the molecule is CCNC(=O)c1nc(-c2cc(-c3cncc(S(C)(=O)=O)c3)ccn2)[nH]c1C. The molecule has 27 heavy (non-hydrogen) atoms. The topological polar surface area (TPSA) is 118 Å². The molecule has 140 valence electrons. The lowest BCUT2D eigenvalue weighted by Crippen LogP contribution is -2.23. The Morgan fingerprint density at radius 3 is 2.70 bits per heavy atom. The lowest BCUT2D eigenvalue weighted by Gasteiger charge is -2.05. The summed E-state index contributed by atoms with van der Waals surface area (Å²) in [5.74, 6) is 0.210. The maximum atomic E-state index is 12.1. The molecule has 0 bridgehead atoms. The fraction of sp³-hybridized carbons (Fsp3) is 0.222. The van der Waals surface area contributed by atoms with Gasteiger partial charge in [-0.2, -0.15) is 0 Å². The molecule has 2 N–H and O–H groups in total. The monoisotopic (exact) mass is 385 g/mol. The van der Waals surface area contributed by atoms with Crippen molar-refractivity contribution in [1.82, 2.24) is 25.3 Å². The Hall–Kier alpha value is -3.07.